The van der Waals surface area contributed by atoms with Gasteiger partial charge in [0.1, 0.15) is 0 Å². The molecule has 1 aromatic carbocycles. The van der Waals surface area contributed by atoms with Crippen LogP contribution in [0.15, 0.2) is 36.7 Å². The summed E-state index contributed by atoms with van der Waals surface area (Å²) < 4.78 is 0. The highest BCUT2D eigenvalue weighted by Gasteiger charge is 2.24. The molecule has 1 amide bonds. The highest BCUT2D eigenvalue weighted by atomic mass is 35.5. The van der Waals surface area contributed by atoms with E-state index in [9.17, 15) is 4.79 Å². The number of hydrogen-bond donors (Lipinski definition) is 1. The lowest BCUT2D eigenvalue weighted by atomic mass is 10.1. The van der Waals surface area contributed by atoms with Crippen LogP contribution in [0.3, 0.4) is 0 Å². The number of carbonyl (C=O) groups is 1. The van der Waals surface area contributed by atoms with Crippen molar-refractivity contribution in [2.75, 3.05) is 61.9 Å². The maximum atomic E-state index is 12.7. The molecule has 0 radical (unpaired) electrons. The minimum atomic E-state index is -0.0199. The van der Waals surface area contributed by atoms with Gasteiger partial charge in [-0.15, -0.1) is 12.4 Å². The average Bonchev–Trinajstić information content (AvgIpc) is 2.77. The number of hydrogen-bond acceptors (Lipinski definition) is 5. The van der Waals surface area contributed by atoms with Crippen LogP contribution in [0.1, 0.15) is 36.2 Å². The number of para-hydroxylation sites is 1. The van der Waals surface area contributed by atoms with Crippen molar-refractivity contribution in [3.05, 3.63) is 47.8 Å². The number of piperazine rings is 1. The fraction of sp³-hybridized carbons (Fsp3) is 0.478. The lowest BCUT2D eigenvalue weighted by Crippen LogP contribution is -2.47. The van der Waals surface area contributed by atoms with E-state index in [0.717, 1.165) is 56.9 Å². The Morgan fingerprint density at radius 1 is 1.03 bits per heavy atom. The molecule has 0 saturated carbocycles. The summed E-state index contributed by atoms with van der Waals surface area (Å²) >= 11 is 0. The minimum Gasteiger partial charge on any atom is -0.383 e. The first-order valence-electron chi connectivity index (χ1n) is 10.6. The Balaban J connectivity index is 0.00000320. The van der Waals surface area contributed by atoms with Gasteiger partial charge in [-0.25, -0.2) is 0 Å². The Morgan fingerprint density at radius 2 is 1.67 bits per heavy atom. The van der Waals surface area contributed by atoms with E-state index in [2.05, 4.69) is 58.2 Å². The molecule has 2 aromatic rings. The molecule has 1 fully saturated rings. The molecule has 0 unspecified atom stereocenters. The van der Waals surface area contributed by atoms with E-state index in [1.165, 1.54) is 11.3 Å². The van der Waals surface area contributed by atoms with Gasteiger partial charge in [-0.2, -0.15) is 0 Å². The van der Waals surface area contributed by atoms with E-state index in [1.807, 2.05) is 6.20 Å². The predicted octanol–water partition coefficient (Wildman–Crippen LogP) is 3.92. The summed E-state index contributed by atoms with van der Waals surface area (Å²) in [5.74, 6) is -0.0199. The number of nitrogens with one attached hydrogen (secondary N) is 1. The van der Waals surface area contributed by atoms with Crippen LogP contribution < -0.4 is 15.1 Å². The first kappa shape index (κ1) is 23.8. The second kappa shape index (κ2) is 11.1. The summed E-state index contributed by atoms with van der Waals surface area (Å²) in [5.41, 5.74) is 5.30. The zero-order valence-corrected chi connectivity index (χ0v) is 19.3. The van der Waals surface area contributed by atoms with Crippen LogP contribution in [0.25, 0.3) is 0 Å². The monoisotopic (exact) mass is 431 g/mol. The van der Waals surface area contributed by atoms with E-state index in [4.69, 9.17) is 0 Å². The topological polar surface area (TPSA) is 51.7 Å². The maximum Gasteiger partial charge on any atom is 0.257 e. The van der Waals surface area contributed by atoms with Crippen molar-refractivity contribution in [1.82, 2.24) is 9.88 Å². The molecule has 164 valence electrons. The van der Waals surface area contributed by atoms with Gasteiger partial charge in [0.15, 0.2) is 0 Å². The Morgan fingerprint density at radius 3 is 2.27 bits per heavy atom. The van der Waals surface area contributed by atoms with E-state index < -0.39 is 0 Å². The summed E-state index contributed by atoms with van der Waals surface area (Å²) in [5, 5.41) is 3.48. The Labute approximate surface area is 186 Å². The third kappa shape index (κ3) is 5.17. The van der Waals surface area contributed by atoms with E-state index in [0.29, 0.717) is 5.56 Å². The molecule has 1 aliphatic rings. The van der Waals surface area contributed by atoms with Crippen LogP contribution in [0, 0.1) is 0 Å². The van der Waals surface area contributed by atoms with Gasteiger partial charge in [0, 0.05) is 58.7 Å². The number of anilines is 3. The van der Waals surface area contributed by atoms with Crippen molar-refractivity contribution in [2.24, 2.45) is 0 Å². The number of halogens is 1. The van der Waals surface area contributed by atoms with Gasteiger partial charge in [-0.1, -0.05) is 32.0 Å². The van der Waals surface area contributed by atoms with Crippen molar-refractivity contribution < 1.29 is 4.79 Å². The van der Waals surface area contributed by atoms with Gasteiger partial charge in [-0.05, 0) is 24.5 Å². The summed E-state index contributed by atoms with van der Waals surface area (Å²) in [6, 6.07) is 8.67. The zero-order chi connectivity index (χ0) is 20.8. The fourth-order valence-electron chi connectivity index (χ4n) is 3.83. The van der Waals surface area contributed by atoms with Gasteiger partial charge in [0.2, 0.25) is 0 Å². The van der Waals surface area contributed by atoms with Crippen LogP contribution in [0.5, 0.6) is 0 Å². The standard InChI is InChI=1S/C23H33N5O.ClH/c1-5-11-25-22-19(23(29)26(3)4)16-24-17-21(22)28-14-12-27(13-15-28)20-10-8-7-9-18(20)6-2;/h7-10,16-17H,5-6,11-15H2,1-4H3,(H,24,25);1H. The normalized spacial score (nSPS) is 13.6. The smallest absolute Gasteiger partial charge is 0.257 e. The first-order valence-corrected chi connectivity index (χ1v) is 10.6. The van der Waals surface area contributed by atoms with Gasteiger partial charge in [0.25, 0.3) is 5.91 Å². The summed E-state index contributed by atoms with van der Waals surface area (Å²) in [6.45, 7) is 8.88. The number of rotatable bonds is 7. The van der Waals surface area contributed by atoms with Crippen LogP contribution in [0.4, 0.5) is 17.1 Å². The molecule has 0 aliphatic carbocycles. The highest BCUT2D eigenvalue weighted by Crippen LogP contribution is 2.31. The lowest BCUT2D eigenvalue weighted by Gasteiger charge is -2.39. The van der Waals surface area contributed by atoms with Crippen molar-refractivity contribution in [3.8, 4) is 0 Å². The highest BCUT2D eigenvalue weighted by molar-refractivity contribution is 6.02. The number of nitrogens with zero attached hydrogens (tertiary/aromatic N) is 4. The number of carbonyl (C=O) groups excluding carboxylic acids is 1. The van der Waals surface area contributed by atoms with Crippen LogP contribution in [-0.4, -0.2) is 62.6 Å². The van der Waals surface area contributed by atoms with Crippen molar-refractivity contribution >= 4 is 35.4 Å². The molecule has 1 saturated heterocycles. The second-order valence-electron chi connectivity index (χ2n) is 7.66. The minimum absolute atomic E-state index is 0. The number of aryl methyl sites for hydroxylation is 1. The molecular formula is C23H34ClN5O. The molecule has 0 bridgehead atoms. The van der Waals surface area contributed by atoms with Crippen LogP contribution >= 0.6 is 12.4 Å². The third-order valence-electron chi connectivity index (χ3n) is 5.45. The molecule has 3 rings (SSSR count). The largest absolute Gasteiger partial charge is 0.383 e. The van der Waals surface area contributed by atoms with E-state index in [1.54, 1.807) is 25.2 Å². The molecule has 0 atom stereocenters. The van der Waals surface area contributed by atoms with E-state index >= 15 is 0 Å². The molecule has 30 heavy (non-hydrogen) atoms. The molecule has 1 aromatic heterocycles. The number of aromatic nitrogens is 1. The molecule has 7 heteroatoms. The Hall–Kier alpha value is -2.47. The average molecular weight is 432 g/mol. The first-order chi connectivity index (χ1) is 14.1. The molecular weight excluding hydrogens is 398 g/mol. The summed E-state index contributed by atoms with van der Waals surface area (Å²) in [7, 11) is 3.56. The Kier molecular flexibility index (Phi) is 8.78. The number of amides is 1. The number of benzene rings is 1. The quantitative estimate of drug-likeness (QED) is 0.720. The fourth-order valence-corrected chi connectivity index (χ4v) is 3.83. The summed E-state index contributed by atoms with van der Waals surface area (Å²) in [4.78, 5) is 23.5. The molecule has 1 N–H and O–H groups in total. The second-order valence-corrected chi connectivity index (χ2v) is 7.66. The molecule has 1 aliphatic heterocycles. The number of pyridine rings is 1. The Bertz CT molecular complexity index is 834. The zero-order valence-electron chi connectivity index (χ0n) is 18.5. The van der Waals surface area contributed by atoms with Gasteiger partial charge in [-0.3, -0.25) is 9.78 Å². The van der Waals surface area contributed by atoms with E-state index in [-0.39, 0.29) is 18.3 Å². The lowest BCUT2D eigenvalue weighted by molar-refractivity contribution is 0.0828. The van der Waals surface area contributed by atoms with Gasteiger partial charge in [0.05, 0.1) is 23.1 Å². The van der Waals surface area contributed by atoms with Gasteiger partial charge >= 0.3 is 0 Å². The van der Waals surface area contributed by atoms with Crippen LogP contribution in [0.2, 0.25) is 0 Å². The summed E-state index contributed by atoms with van der Waals surface area (Å²) in [6.07, 6.45) is 5.61. The van der Waals surface area contributed by atoms with Crippen LogP contribution in [-0.2, 0) is 6.42 Å². The molecule has 2 heterocycles. The molecule has 0 spiro atoms. The van der Waals surface area contributed by atoms with Crippen molar-refractivity contribution in [1.29, 1.82) is 0 Å². The SMILES string of the molecule is CCCNc1c(C(=O)N(C)C)cncc1N1CCN(c2ccccc2CC)CC1.Cl. The van der Waals surface area contributed by atoms with Gasteiger partial charge < -0.3 is 20.0 Å². The maximum absolute atomic E-state index is 12.7. The van der Waals surface area contributed by atoms with Crippen molar-refractivity contribution in [3.63, 3.8) is 0 Å². The van der Waals surface area contributed by atoms with Crippen molar-refractivity contribution in [2.45, 2.75) is 26.7 Å². The predicted molar refractivity (Wildman–Crippen MR) is 129 cm³/mol. The third-order valence-corrected chi connectivity index (χ3v) is 5.45. The molecule has 6 nitrogen and oxygen atoms in total.